The highest BCUT2D eigenvalue weighted by Crippen LogP contribution is 2.32. The Morgan fingerprint density at radius 3 is 2.55 bits per heavy atom. The van der Waals surface area contributed by atoms with Crippen LogP contribution in [-0.2, 0) is 22.7 Å². The van der Waals surface area contributed by atoms with Gasteiger partial charge in [0.15, 0.2) is 0 Å². The van der Waals surface area contributed by atoms with Crippen molar-refractivity contribution < 1.29 is 33.6 Å². The third-order valence-electron chi connectivity index (χ3n) is 6.91. The molecule has 1 heterocycles. The van der Waals surface area contributed by atoms with Crippen molar-refractivity contribution in [3.05, 3.63) is 95.1 Å². The van der Waals surface area contributed by atoms with Crippen LogP contribution in [0.5, 0.6) is 11.5 Å². The van der Waals surface area contributed by atoms with E-state index >= 15 is 0 Å². The summed E-state index contributed by atoms with van der Waals surface area (Å²) in [6, 6.07) is 22.6. The van der Waals surface area contributed by atoms with Gasteiger partial charge in [-0.25, -0.2) is 4.79 Å². The molecular weight excluding hydrogens is 534 g/mol. The van der Waals surface area contributed by atoms with Crippen LogP contribution in [0.25, 0.3) is 0 Å². The summed E-state index contributed by atoms with van der Waals surface area (Å²) in [5.41, 5.74) is 3.27. The Bertz CT molecular complexity index is 1270. The summed E-state index contributed by atoms with van der Waals surface area (Å²) in [5, 5.41) is 9.01. The van der Waals surface area contributed by atoms with Crippen LogP contribution in [0.1, 0.15) is 45.8 Å². The van der Waals surface area contributed by atoms with E-state index in [1.807, 2.05) is 54.6 Å². The van der Waals surface area contributed by atoms with Crippen LogP contribution in [0.3, 0.4) is 0 Å². The van der Waals surface area contributed by atoms with Gasteiger partial charge in [0.2, 0.25) is 0 Å². The van der Waals surface area contributed by atoms with Crippen molar-refractivity contribution >= 4 is 22.9 Å². The normalized spacial score (nSPS) is 16.9. The zero-order chi connectivity index (χ0) is 28.3. The zero-order valence-corrected chi connectivity index (χ0v) is 23.2. The Kier molecular flexibility index (Phi) is 10.8. The van der Waals surface area contributed by atoms with Crippen LogP contribution in [0.2, 0.25) is 0 Å². The first-order chi connectivity index (χ1) is 19.4. The first-order valence-corrected chi connectivity index (χ1v) is 13.6. The standard InChI is InChI=1S/C31H34ClNO7/c1-37-28-9-3-2-7-25(28)21-38-16-5-17-39-26-12-10-23(11-13-26)27-14-15-33(31(35)36)19-29(27)40-20-22-6-4-8-24(18-22)30(32)34/h2-4,6-13,18,27,29H,5,14-17,19-21H2,1H3,(H,35,36). The van der Waals surface area contributed by atoms with Gasteiger partial charge in [0.1, 0.15) is 11.5 Å². The lowest BCUT2D eigenvalue weighted by Gasteiger charge is -2.37. The molecule has 8 nitrogen and oxygen atoms in total. The maximum atomic E-state index is 11.6. The Labute approximate surface area is 239 Å². The minimum Gasteiger partial charge on any atom is -0.496 e. The topological polar surface area (TPSA) is 94.5 Å². The number of rotatable bonds is 13. The maximum Gasteiger partial charge on any atom is 0.407 e. The van der Waals surface area contributed by atoms with E-state index in [-0.39, 0.29) is 25.2 Å². The smallest absolute Gasteiger partial charge is 0.407 e. The highest BCUT2D eigenvalue weighted by atomic mass is 35.5. The number of para-hydroxylation sites is 1. The van der Waals surface area contributed by atoms with E-state index in [1.54, 1.807) is 25.3 Å². The lowest BCUT2D eigenvalue weighted by Crippen LogP contribution is -2.46. The molecule has 3 aromatic carbocycles. The number of hydrogen-bond acceptors (Lipinski definition) is 6. The molecule has 0 spiro atoms. The third kappa shape index (κ3) is 8.21. The fraction of sp³-hybridized carbons (Fsp3) is 0.355. The van der Waals surface area contributed by atoms with Crippen molar-refractivity contribution in [1.82, 2.24) is 4.90 Å². The summed E-state index contributed by atoms with van der Waals surface area (Å²) in [4.78, 5) is 24.5. The van der Waals surface area contributed by atoms with E-state index in [4.69, 9.17) is 30.5 Å². The second kappa shape index (κ2) is 14.7. The van der Waals surface area contributed by atoms with E-state index in [9.17, 15) is 14.7 Å². The molecule has 9 heteroatoms. The molecule has 0 bridgehead atoms. The fourth-order valence-electron chi connectivity index (χ4n) is 4.79. The SMILES string of the molecule is COc1ccccc1COCCCOc1ccc(C2CCN(C(=O)O)CC2OCc2cccc(C(=O)Cl)c2)cc1. The molecule has 0 saturated carbocycles. The minimum atomic E-state index is -0.961. The summed E-state index contributed by atoms with van der Waals surface area (Å²) < 4.78 is 23.2. The summed E-state index contributed by atoms with van der Waals surface area (Å²) in [6.07, 6.45) is 0.0857. The lowest BCUT2D eigenvalue weighted by molar-refractivity contribution is -0.0199. The second-order valence-corrected chi connectivity index (χ2v) is 9.93. The number of piperidine rings is 1. The van der Waals surface area contributed by atoms with Gasteiger partial charge in [-0.15, -0.1) is 0 Å². The number of benzene rings is 3. The van der Waals surface area contributed by atoms with Crippen molar-refractivity contribution in [3.63, 3.8) is 0 Å². The van der Waals surface area contributed by atoms with Gasteiger partial charge in [-0.3, -0.25) is 4.79 Å². The van der Waals surface area contributed by atoms with Crippen LogP contribution in [0, 0.1) is 0 Å². The largest absolute Gasteiger partial charge is 0.496 e. The number of nitrogens with zero attached hydrogens (tertiary/aromatic N) is 1. The van der Waals surface area contributed by atoms with Gasteiger partial charge in [-0.05, 0) is 53.4 Å². The zero-order valence-electron chi connectivity index (χ0n) is 22.5. The van der Waals surface area contributed by atoms with E-state index in [2.05, 4.69) is 0 Å². The van der Waals surface area contributed by atoms with E-state index in [1.165, 1.54) is 4.90 Å². The van der Waals surface area contributed by atoms with E-state index in [0.717, 1.165) is 34.6 Å². The summed E-state index contributed by atoms with van der Waals surface area (Å²) in [5.74, 6) is 1.60. The number of carbonyl (C=O) groups excluding carboxylic acids is 1. The molecule has 1 N–H and O–H groups in total. The molecule has 3 aromatic rings. The molecule has 40 heavy (non-hydrogen) atoms. The van der Waals surface area contributed by atoms with Crippen LogP contribution < -0.4 is 9.47 Å². The molecule has 1 aliphatic heterocycles. The van der Waals surface area contributed by atoms with Crippen LogP contribution in [-0.4, -0.2) is 60.9 Å². The molecule has 0 aromatic heterocycles. The number of carbonyl (C=O) groups is 2. The molecule has 4 rings (SSSR count). The Hall–Kier alpha value is -3.59. The number of amides is 1. The second-order valence-electron chi connectivity index (χ2n) is 9.58. The Balaban J connectivity index is 1.28. The van der Waals surface area contributed by atoms with Crippen molar-refractivity contribution in [2.24, 2.45) is 0 Å². The fourth-order valence-corrected chi connectivity index (χ4v) is 4.91. The van der Waals surface area contributed by atoms with Gasteiger partial charge in [0, 0.05) is 30.0 Å². The molecule has 2 unspecified atom stereocenters. The maximum absolute atomic E-state index is 11.6. The van der Waals surface area contributed by atoms with Gasteiger partial charge < -0.3 is 29.0 Å². The molecule has 1 fully saturated rings. The average molecular weight is 568 g/mol. The van der Waals surface area contributed by atoms with Gasteiger partial charge in [0.25, 0.3) is 5.24 Å². The van der Waals surface area contributed by atoms with Crippen molar-refractivity contribution in [1.29, 1.82) is 0 Å². The third-order valence-corrected chi connectivity index (χ3v) is 7.13. The quantitative estimate of drug-likeness (QED) is 0.197. The van der Waals surface area contributed by atoms with E-state index < -0.39 is 11.3 Å². The molecular formula is C31H34ClNO7. The van der Waals surface area contributed by atoms with Gasteiger partial charge in [0.05, 0.1) is 46.2 Å². The van der Waals surface area contributed by atoms with Crippen molar-refractivity contribution in [2.45, 2.75) is 38.1 Å². The van der Waals surface area contributed by atoms with Crippen LogP contribution in [0.15, 0.2) is 72.8 Å². The number of hydrogen-bond donors (Lipinski definition) is 1. The number of ether oxygens (including phenoxy) is 4. The predicted octanol–water partition coefficient (Wildman–Crippen LogP) is 6.11. The van der Waals surface area contributed by atoms with Crippen LogP contribution in [0.4, 0.5) is 4.79 Å². The summed E-state index contributed by atoms with van der Waals surface area (Å²) in [6.45, 7) is 2.52. The number of halogens is 1. The lowest BCUT2D eigenvalue weighted by atomic mass is 9.87. The number of carboxylic acid groups (broad SMARTS) is 1. The van der Waals surface area contributed by atoms with Crippen LogP contribution >= 0.6 is 11.6 Å². The van der Waals surface area contributed by atoms with Crippen molar-refractivity contribution in [2.75, 3.05) is 33.4 Å². The Morgan fingerprint density at radius 2 is 1.80 bits per heavy atom. The molecule has 212 valence electrons. The summed E-state index contributed by atoms with van der Waals surface area (Å²) >= 11 is 5.61. The number of methoxy groups -OCH3 is 1. The number of likely N-dealkylation sites (tertiary alicyclic amines) is 1. The highest BCUT2D eigenvalue weighted by Gasteiger charge is 2.33. The average Bonchev–Trinajstić information content (AvgIpc) is 2.98. The molecule has 1 saturated heterocycles. The monoisotopic (exact) mass is 567 g/mol. The molecule has 0 aliphatic carbocycles. The summed E-state index contributed by atoms with van der Waals surface area (Å²) in [7, 11) is 1.65. The van der Waals surface area contributed by atoms with Gasteiger partial charge >= 0.3 is 6.09 Å². The Morgan fingerprint density at radius 1 is 1.00 bits per heavy atom. The van der Waals surface area contributed by atoms with Gasteiger partial charge in [-0.1, -0.05) is 48.5 Å². The van der Waals surface area contributed by atoms with Gasteiger partial charge in [-0.2, -0.15) is 0 Å². The molecule has 2 atom stereocenters. The molecule has 1 aliphatic rings. The first kappa shape index (κ1) is 29.4. The van der Waals surface area contributed by atoms with Crippen molar-refractivity contribution in [3.8, 4) is 11.5 Å². The predicted molar refractivity (Wildman–Crippen MR) is 151 cm³/mol. The minimum absolute atomic E-state index is 0.0193. The molecule has 1 amide bonds. The first-order valence-electron chi connectivity index (χ1n) is 13.2. The molecule has 0 radical (unpaired) electrons. The van der Waals surface area contributed by atoms with E-state index in [0.29, 0.717) is 38.3 Å². The highest BCUT2D eigenvalue weighted by molar-refractivity contribution is 6.67.